The predicted octanol–water partition coefficient (Wildman–Crippen LogP) is 5.29. The summed E-state index contributed by atoms with van der Waals surface area (Å²) in [4.78, 5) is 17.1. The van der Waals surface area contributed by atoms with E-state index in [1.807, 2.05) is 5.38 Å². The number of hydrogen-bond donors (Lipinski definition) is 1. The van der Waals surface area contributed by atoms with Crippen LogP contribution in [0, 0.1) is 0 Å². The lowest BCUT2D eigenvalue weighted by Crippen LogP contribution is -2.10. The van der Waals surface area contributed by atoms with E-state index >= 15 is 0 Å². The van der Waals surface area contributed by atoms with Gasteiger partial charge in [-0.2, -0.15) is 18.2 Å². The highest BCUT2D eigenvalue weighted by atomic mass is 32.1. The second-order valence-corrected chi connectivity index (χ2v) is 7.98. The number of carbonyl (C=O) groups is 1. The molecule has 0 radical (unpaired) electrons. The summed E-state index contributed by atoms with van der Waals surface area (Å²) in [5, 5.41) is 8.92. The number of halogens is 3. The van der Waals surface area contributed by atoms with Crippen molar-refractivity contribution in [3.63, 3.8) is 0 Å². The van der Waals surface area contributed by atoms with Gasteiger partial charge in [0.25, 0.3) is 5.91 Å². The average Bonchev–Trinajstić information content (AvgIpc) is 3.50. The average molecular weight is 488 g/mol. The van der Waals surface area contributed by atoms with Gasteiger partial charge in [0.2, 0.25) is 0 Å². The van der Waals surface area contributed by atoms with Crippen molar-refractivity contribution < 1.29 is 27.4 Å². The van der Waals surface area contributed by atoms with Gasteiger partial charge in [0.15, 0.2) is 5.82 Å². The van der Waals surface area contributed by atoms with Gasteiger partial charge >= 0.3 is 12.2 Å². The molecule has 0 fully saturated rings. The minimum Gasteiger partial charge on any atom is -0.460 e. The minimum absolute atomic E-state index is 0.000429. The van der Waals surface area contributed by atoms with Crippen molar-refractivity contribution in [2.45, 2.75) is 6.18 Å². The third kappa shape index (κ3) is 5.43. The number of nitrogens with one attached hydrogen (secondary N) is 1. The number of thiophene rings is 1. The molecule has 11 heteroatoms. The quantitative estimate of drug-likeness (QED) is 0.341. The van der Waals surface area contributed by atoms with Crippen LogP contribution >= 0.6 is 11.3 Å². The number of alkyl halides is 3. The van der Waals surface area contributed by atoms with E-state index in [0.29, 0.717) is 22.9 Å². The number of rotatable bonds is 8. The van der Waals surface area contributed by atoms with Crippen molar-refractivity contribution in [3.05, 3.63) is 76.5 Å². The van der Waals surface area contributed by atoms with E-state index in [1.54, 1.807) is 36.4 Å². The molecule has 2 heterocycles. The van der Waals surface area contributed by atoms with E-state index in [9.17, 15) is 18.0 Å². The Morgan fingerprint density at radius 3 is 2.56 bits per heavy atom. The molecule has 0 saturated heterocycles. The van der Waals surface area contributed by atoms with Crippen LogP contribution in [-0.2, 0) is 10.9 Å². The van der Waals surface area contributed by atoms with E-state index in [1.165, 1.54) is 35.3 Å². The third-order valence-electron chi connectivity index (χ3n) is 4.67. The van der Waals surface area contributed by atoms with Crippen LogP contribution in [0.25, 0.3) is 17.1 Å². The van der Waals surface area contributed by atoms with Crippen LogP contribution in [-0.4, -0.2) is 41.0 Å². The molecule has 1 amide bonds. The maximum absolute atomic E-state index is 13.3. The smallest absolute Gasteiger partial charge is 0.416 e. The SMILES string of the molecule is COCCOc1nc(-c2cccc(C(F)(F)F)c2)n(-c2ccc(NC(=O)c3cccs3)cc2)n1. The first kappa shape index (κ1) is 23.5. The largest absolute Gasteiger partial charge is 0.460 e. The highest BCUT2D eigenvalue weighted by molar-refractivity contribution is 7.12. The Kier molecular flexibility index (Phi) is 6.94. The van der Waals surface area contributed by atoms with Crippen molar-refractivity contribution in [1.29, 1.82) is 0 Å². The van der Waals surface area contributed by atoms with Gasteiger partial charge in [0, 0.05) is 18.4 Å². The summed E-state index contributed by atoms with van der Waals surface area (Å²) in [6, 6.07) is 15.0. The zero-order valence-electron chi connectivity index (χ0n) is 17.9. The molecule has 2 aromatic heterocycles. The van der Waals surface area contributed by atoms with Crippen molar-refractivity contribution in [2.24, 2.45) is 0 Å². The number of methoxy groups -OCH3 is 1. The minimum atomic E-state index is -4.50. The monoisotopic (exact) mass is 488 g/mol. The van der Waals surface area contributed by atoms with Gasteiger partial charge in [0.05, 0.1) is 22.7 Å². The molecule has 0 aliphatic rings. The topological polar surface area (TPSA) is 78.3 Å². The van der Waals surface area contributed by atoms with Crippen molar-refractivity contribution >= 4 is 22.9 Å². The summed E-state index contributed by atoms with van der Waals surface area (Å²) in [5.41, 5.74) is 0.502. The second kappa shape index (κ2) is 10.1. The van der Waals surface area contributed by atoms with Crippen molar-refractivity contribution in [3.8, 4) is 23.1 Å². The number of aromatic nitrogens is 3. The van der Waals surface area contributed by atoms with Crippen LogP contribution < -0.4 is 10.1 Å². The molecule has 1 N–H and O–H groups in total. The molecule has 176 valence electrons. The van der Waals surface area contributed by atoms with Gasteiger partial charge in [-0.25, -0.2) is 4.68 Å². The first-order chi connectivity index (χ1) is 16.3. The fraction of sp³-hybridized carbons (Fsp3) is 0.174. The number of nitrogens with zero attached hydrogens (tertiary/aromatic N) is 3. The van der Waals surface area contributed by atoms with Crippen LogP contribution in [0.15, 0.2) is 66.0 Å². The Hall–Kier alpha value is -3.70. The predicted molar refractivity (Wildman–Crippen MR) is 121 cm³/mol. The molecule has 0 bridgehead atoms. The molecule has 4 aromatic rings. The normalized spacial score (nSPS) is 11.4. The number of anilines is 1. The Bertz CT molecular complexity index is 1260. The van der Waals surface area contributed by atoms with E-state index in [0.717, 1.165) is 12.1 Å². The van der Waals surface area contributed by atoms with Gasteiger partial charge in [0.1, 0.15) is 6.61 Å². The zero-order chi connectivity index (χ0) is 24.1. The van der Waals surface area contributed by atoms with E-state index in [4.69, 9.17) is 9.47 Å². The number of benzene rings is 2. The third-order valence-corrected chi connectivity index (χ3v) is 5.54. The fourth-order valence-electron chi connectivity index (χ4n) is 3.06. The summed E-state index contributed by atoms with van der Waals surface area (Å²) in [6.07, 6.45) is -4.50. The van der Waals surface area contributed by atoms with Crippen LogP contribution in [0.4, 0.5) is 18.9 Å². The molecule has 0 spiro atoms. The molecule has 0 saturated carbocycles. The van der Waals surface area contributed by atoms with E-state index in [2.05, 4.69) is 15.4 Å². The molecule has 4 rings (SSSR count). The highest BCUT2D eigenvalue weighted by Crippen LogP contribution is 2.33. The molecule has 0 aliphatic heterocycles. The Labute approximate surface area is 196 Å². The lowest BCUT2D eigenvalue weighted by atomic mass is 10.1. The summed E-state index contributed by atoms with van der Waals surface area (Å²) >= 11 is 1.33. The maximum atomic E-state index is 13.3. The summed E-state index contributed by atoms with van der Waals surface area (Å²) in [7, 11) is 1.52. The molecule has 34 heavy (non-hydrogen) atoms. The first-order valence-electron chi connectivity index (χ1n) is 10.1. The van der Waals surface area contributed by atoms with Crippen molar-refractivity contribution in [2.75, 3.05) is 25.6 Å². The Morgan fingerprint density at radius 1 is 1.09 bits per heavy atom. The van der Waals surface area contributed by atoms with Gasteiger partial charge < -0.3 is 14.8 Å². The van der Waals surface area contributed by atoms with Gasteiger partial charge in [-0.15, -0.1) is 16.4 Å². The molecular weight excluding hydrogens is 469 g/mol. The summed E-state index contributed by atoms with van der Waals surface area (Å²) in [5.74, 6) is -0.0594. The van der Waals surface area contributed by atoms with Gasteiger partial charge in [-0.1, -0.05) is 18.2 Å². The molecular formula is C23H19F3N4O3S. The Morgan fingerprint density at radius 2 is 1.88 bits per heavy atom. The number of ether oxygens (including phenoxy) is 2. The fourth-order valence-corrected chi connectivity index (χ4v) is 3.68. The van der Waals surface area contributed by atoms with Gasteiger partial charge in [-0.05, 0) is 47.8 Å². The van der Waals surface area contributed by atoms with Crippen LogP contribution in [0.1, 0.15) is 15.2 Å². The molecule has 2 aromatic carbocycles. The van der Waals surface area contributed by atoms with Crippen molar-refractivity contribution in [1.82, 2.24) is 14.8 Å². The number of amides is 1. The second-order valence-electron chi connectivity index (χ2n) is 7.03. The first-order valence-corrected chi connectivity index (χ1v) is 10.9. The van der Waals surface area contributed by atoms with Gasteiger partial charge in [-0.3, -0.25) is 4.79 Å². The standard InChI is InChI=1S/C23H19F3N4O3S/c1-32-11-12-33-22-28-20(15-4-2-5-16(14-15)23(24,25)26)30(29-22)18-9-7-17(8-10-18)27-21(31)19-6-3-13-34-19/h2-10,13-14H,11-12H2,1H3,(H,27,31). The number of carbonyl (C=O) groups excluding carboxylic acids is 1. The van der Waals surface area contributed by atoms with Crippen LogP contribution in [0.5, 0.6) is 6.01 Å². The van der Waals surface area contributed by atoms with E-state index < -0.39 is 11.7 Å². The zero-order valence-corrected chi connectivity index (χ0v) is 18.7. The van der Waals surface area contributed by atoms with E-state index in [-0.39, 0.29) is 29.9 Å². The molecule has 0 atom stereocenters. The summed E-state index contributed by atoms with van der Waals surface area (Å²) in [6.45, 7) is 0.475. The van der Waals surface area contributed by atoms with Crippen LogP contribution in [0.3, 0.4) is 0 Å². The molecule has 0 unspecified atom stereocenters. The van der Waals surface area contributed by atoms with Crippen LogP contribution in [0.2, 0.25) is 0 Å². The maximum Gasteiger partial charge on any atom is 0.416 e. The lowest BCUT2D eigenvalue weighted by Gasteiger charge is -2.10. The Balaban J connectivity index is 1.65. The highest BCUT2D eigenvalue weighted by Gasteiger charge is 2.31. The lowest BCUT2D eigenvalue weighted by molar-refractivity contribution is -0.137. The number of hydrogen-bond acceptors (Lipinski definition) is 6. The summed E-state index contributed by atoms with van der Waals surface area (Å²) < 4.78 is 51.6. The molecule has 0 aliphatic carbocycles. The molecule has 7 nitrogen and oxygen atoms in total.